The van der Waals surface area contributed by atoms with Crippen molar-refractivity contribution in [3.8, 4) is 0 Å². The van der Waals surface area contributed by atoms with Gasteiger partial charge in [0.2, 0.25) is 10.0 Å². The van der Waals surface area contributed by atoms with E-state index in [0.29, 0.717) is 18.7 Å². The number of benzene rings is 1. The number of sulfonamides is 1. The maximum atomic E-state index is 12.3. The van der Waals surface area contributed by atoms with E-state index in [-0.39, 0.29) is 22.9 Å². The number of nitrogens with one attached hydrogen (secondary N) is 1. The topological polar surface area (TPSA) is 84.9 Å². The minimum atomic E-state index is -3.35. The van der Waals surface area contributed by atoms with Crippen molar-refractivity contribution in [2.24, 2.45) is 0 Å². The number of halogens is 1. The van der Waals surface area contributed by atoms with Gasteiger partial charge in [-0.15, -0.1) is 0 Å². The van der Waals surface area contributed by atoms with Crippen molar-refractivity contribution in [1.82, 2.24) is 5.32 Å². The molecule has 1 N–H and O–H groups in total. The van der Waals surface area contributed by atoms with Crippen molar-refractivity contribution in [3.63, 3.8) is 0 Å². The van der Waals surface area contributed by atoms with E-state index in [1.807, 2.05) is 0 Å². The number of hydrogen-bond acceptors (Lipinski definition) is 5. The molecule has 1 amide bonds. The maximum Gasteiger partial charge on any atom is 0.253 e. The Kier molecular flexibility index (Phi) is 6.45. The first kappa shape index (κ1) is 19.0. The van der Waals surface area contributed by atoms with Gasteiger partial charge in [-0.2, -0.15) is 0 Å². The van der Waals surface area contributed by atoms with Crippen molar-refractivity contribution in [2.45, 2.75) is 19.1 Å². The lowest BCUT2D eigenvalue weighted by Gasteiger charge is -2.28. The van der Waals surface area contributed by atoms with Gasteiger partial charge in [-0.05, 0) is 31.0 Å². The SMILES string of the molecule is COC(CNC(=O)c1cc(N2CCCCS2(=O)=O)ccc1Cl)OC. The molecule has 1 saturated heterocycles. The van der Waals surface area contributed by atoms with Gasteiger partial charge in [-0.3, -0.25) is 9.10 Å². The van der Waals surface area contributed by atoms with E-state index < -0.39 is 22.2 Å². The second-order valence-corrected chi connectivity index (χ2v) is 7.79. The summed E-state index contributed by atoms with van der Waals surface area (Å²) in [4.78, 5) is 12.3. The Morgan fingerprint density at radius 1 is 1.33 bits per heavy atom. The molecule has 1 aliphatic rings. The smallest absolute Gasteiger partial charge is 0.253 e. The third kappa shape index (κ3) is 4.38. The van der Waals surface area contributed by atoms with Crippen LogP contribution in [-0.2, 0) is 19.5 Å². The highest BCUT2D eigenvalue weighted by Crippen LogP contribution is 2.27. The Balaban J connectivity index is 2.20. The summed E-state index contributed by atoms with van der Waals surface area (Å²) in [6, 6.07) is 4.63. The molecule has 1 aliphatic heterocycles. The largest absolute Gasteiger partial charge is 0.354 e. The molecule has 9 heteroatoms. The van der Waals surface area contributed by atoms with Crippen molar-refractivity contribution >= 4 is 33.2 Å². The summed E-state index contributed by atoms with van der Waals surface area (Å²) in [5, 5.41) is 2.90. The number of methoxy groups -OCH3 is 2. The van der Waals surface area contributed by atoms with E-state index in [1.165, 1.54) is 30.7 Å². The Morgan fingerprint density at radius 2 is 2.04 bits per heavy atom. The van der Waals surface area contributed by atoms with Gasteiger partial charge in [-0.1, -0.05) is 11.6 Å². The van der Waals surface area contributed by atoms with Crippen LogP contribution >= 0.6 is 11.6 Å². The molecular weight excluding hydrogens is 356 g/mol. The summed E-state index contributed by atoms with van der Waals surface area (Å²) < 4.78 is 35.7. The van der Waals surface area contributed by atoms with Gasteiger partial charge in [0.25, 0.3) is 5.91 Å². The average Bonchev–Trinajstić information content (AvgIpc) is 2.56. The predicted molar refractivity (Wildman–Crippen MR) is 92.0 cm³/mol. The third-order valence-corrected chi connectivity index (χ3v) is 5.99. The van der Waals surface area contributed by atoms with Crippen LogP contribution in [0.2, 0.25) is 5.02 Å². The molecule has 0 bridgehead atoms. The summed E-state index contributed by atoms with van der Waals surface area (Å²) >= 11 is 6.09. The molecule has 0 aliphatic carbocycles. The molecule has 24 heavy (non-hydrogen) atoms. The molecule has 1 fully saturated rings. The quantitative estimate of drug-likeness (QED) is 0.762. The fourth-order valence-corrected chi connectivity index (χ4v) is 4.29. The molecule has 0 unspecified atom stereocenters. The minimum absolute atomic E-state index is 0.112. The fraction of sp³-hybridized carbons (Fsp3) is 0.533. The zero-order chi connectivity index (χ0) is 17.7. The van der Waals surface area contributed by atoms with Crippen LogP contribution in [0.3, 0.4) is 0 Å². The average molecular weight is 377 g/mol. The zero-order valence-corrected chi connectivity index (χ0v) is 15.2. The molecule has 7 nitrogen and oxygen atoms in total. The van der Waals surface area contributed by atoms with Crippen molar-refractivity contribution in [1.29, 1.82) is 0 Å². The van der Waals surface area contributed by atoms with Crippen molar-refractivity contribution in [3.05, 3.63) is 28.8 Å². The summed E-state index contributed by atoms with van der Waals surface area (Å²) in [7, 11) is -0.412. The number of anilines is 1. The molecule has 1 aromatic carbocycles. The van der Waals surface area contributed by atoms with E-state index in [4.69, 9.17) is 21.1 Å². The maximum absolute atomic E-state index is 12.3. The van der Waals surface area contributed by atoms with Crippen LogP contribution in [0.15, 0.2) is 18.2 Å². The van der Waals surface area contributed by atoms with Gasteiger partial charge in [0.15, 0.2) is 6.29 Å². The first-order valence-electron chi connectivity index (χ1n) is 7.53. The number of nitrogens with zero attached hydrogens (tertiary/aromatic N) is 1. The Hall–Kier alpha value is -1.35. The van der Waals surface area contributed by atoms with E-state index in [2.05, 4.69) is 5.32 Å². The Bertz CT molecular complexity index is 691. The molecule has 0 aromatic heterocycles. The van der Waals surface area contributed by atoms with Crippen molar-refractivity contribution in [2.75, 3.05) is 37.4 Å². The normalized spacial score (nSPS) is 17.1. The second kappa shape index (κ2) is 8.15. The van der Waals surface area contributed by atoms with Crippen LogP contribution < -0.4 is 9.62 Å². The van der Waals surface area contributed by atoms with E-state index in [1.54, 1.807) is 6.07 Å². The molecule has 0 saturated carbocycles. The molecule has 2 rings (SSSR count). The van der Waals surface area contributed by atoms with E-state index in [0.717, 1.165) is 6.42 Å². The van der Waals surface area contributed by atoms with Gasteiger partial charge in [-0.25, -0.2) is 8.42 Å². The summed E-state index contributed by atoms with van der Waals surface area (Å²) in [6.45, 7) is 0.550. The summed E-state index contributed by atoms with van der Waals surface area (Å²) in [5.41, 5.74) is 0.653. The van der Waals surface area contributed by atoms with Gasteiger partial charge >= 0.3 is 0 Å². The highest BCUT2D eigenvalue weighted by molar-refractivity contribution is 7.92. The summed E-state index contributed by atoms with van der Waals surface area (Å²) in [6.07, 6.45) is 0.862. The Labute approximate surface area is 146 Å². The standard InChI is InChI=1S/C15H21ClN2O5S/c1-22-14(23-2)10-17-15(19)12-9-11(5-6-13(12)16)18-7-3-4-8-24(18,20)21/h5-6,9,14H,3-4,7-8,10H2,1-2H3,(H,17,19). The number of ether oxygens (including phenoxy) is 2. The van der Waals surface area contributed by atoms with Gasteiger partial charge in [0.1, 0.15) is 0 Å². The number of amides is 1. The first-order chi connectivity index (χ1) is 11.4. The van der Waals surface area contributed by atoms with Crippen LogP contribution in [0.4, 0.5) is 5.69 Å². The van der Waals surface area contributed by atoms with Crippen LogP contribution in [0.1, 0.15) is 23.2 Å². The second-order valence-electron chi connectivity index (χ2n) is 5.37. The van der Waals surface area contributed by atoms with Gasteiger partial charge in [0, 0.05) is 20.8 Å². The Morgan fingerprint density at radius 3 is 2.67 bits per heavy atom. The molecular formula is C15H21ClN2O5S. The lowest BCUT2D eigenvalue weighted by Crippen LogP contribution is -2.38. The van der Waals surface area contributed by atoms with Crippen LogP contribution in [0, 0.1) is 0 Å². The molecule has 0 atom stereocenters. The minimum Gasteiger partial charge on any atom is -0.354 e. The number of rotatable bonds is 6. The van der Waals surface area contributed by atoms with Gasteiger partial charge in [0.05, 0.1) is 28.6 Å². The monoisotopic (exact) mass is 376 g/mol. The zero-order valence-electron chi connectivity index (χ0n) is 13.6. The summed E-state index contributed by atoms with van der Waals surface area (Å²) in [5.74, 6) is -0.309. The molecule has 1 aromatic rings. The lowest BCUT2D eigenvalue weighted by atomic mass is 10.1. The van der Waals surface area contributed by atoms with Crippen molar-refractivity contribution < 1.29 is 22.7 Å². The van der Waals surface area contributed by atoms with Crippen LogP contribution in [0.5, 0.6) is 0 Å². The van der Waals surface area contributed by atoms with Crippen LogP contribution in [-0.4, -0.2) is 53.7 Å². The first-order valence-corrected chi connectivity index (χ1v) is 9.51. The number of carbonyl (C=O) groups excluding carboxylic acids is 1. The number of carbonyl (C=O) groups is 1. The molecule has 134 valence electrons. The molecule has 0 spiro atoms. The molecule has 0 radical (unpaired) electrons. The molecule has 1 heterocycles. The third-order valence-electron chi connectivity index (χ3n) is 3.79. The number of hydrogen-bond donors (Lipinski definition) is 1. The van der Waals surface area contributed by atoms with Crippen LogP contribution in [0.25, 0.3) is 0 Å². The van der Waals surface area contributed by atoms with E-state index in [9.17, 15) is 13.2 Å². The highest BCUT2D eigenvalue weighted by atomic mass is 35.5. The van der Waals surface area contributed by atoms with Gasteiger partial charge < -0.3 is 14.8 Å². The predicted octanol–water partition coefficient (Wildman–Crippen LogP) is 1.62. The highest BCUT2D eigenvalue weighted by Gasteiger charge is 2.27. The fourth-order valence-electron chi connectivity index (χ4n) is 2.46. The lowest BCUT2D eigenvalue weighted by molar-refractivity contribution is -0.0974. The van der Waals surface area contributed by atoms with E-state index >= 15 is 0 Å².